The Morgan fingerprint density at radius 3 is 1.58 bits per heavy atom. The molecule has 0 aliphatic carbocycles. The number of pyridine rings is 1. The minimum atomic E-state index is -1.08. The number of para-hydroxylation sites is 7. The summed E-state index contributed by atoms with van der Waals surface area (Å²) < 4.78 is 11.6. The summed E-state index contributed by atoms with van der Waals surface area (Å²) in [5.41, 5.74) is 15.0. The largest absolute Gasteiger partial charge is 1.00 e. The summed E-state index contributed by atoms with van der Waals surface area (Å²) in [6.07, 6.45) is 38.3. The minimum Gasteiger partial charge on any atom is -1.00 e. The van der Waals surface area contributed by atoms with E-state index in [1.165, 1.54) is 81.1 Å². The number of nitrogens with zero attached hydrogens (tertiary/aromatic N) is 8. The van der Waals surface area contributed by atoms with Gasteiger partial charge in [-0.25, -0.2) is 4.79 Å². The van der Waals surface area contributed by atoms with Gasteiger partial charge in [0, 0.05) is 116 Å². The quantitative estimate of drug-likeness (QED) is 0.00903. The second-order valence-electron chi connectivity index (χ2n) is 31.0. The number of aryl methyl sites for hydroxylation is 1. The number of nitrogens with one attached hydrogen (secondary N) is 2. The first-order valence-corrected chi connectivity index (χ1v) is 54.3. The van der Waals surface area contributed by atoms with E-state index in [1.807, 2.05) is 152 Å². The van der Waals surface area contributed by atoms with E-state index in [0.717, 1.165) is 126 Å². The Kier molecular flexibility index (Phi) is 41.6. The number of methoxy groups -OCH3 is 1. The Morgan fingerprint density at radius 2 is 1.01 bits per heavy atom. The molecule has 0 radical (unpaired) electrons. The van der Waals surface area contributed by atoms with E-state index in [-0.39, 0.29) is 75.3 Å². The van der Waals surface area contributed by atoms with Crippen LogP contribution in [0.4, 0.5) is 39.8 Å². The second-order valence-corrected chi connectivity index (χ2v) is 42.8. The first-order chi connectivity index (χ1) is 67.4. The number of ether oxygens (including phenoxy) is 1. The summed E-state index contributed by atoms with van der Waals surface area (Å²) in [6, 6.07) is 84.7. The number of carbonyl (C=O) groups is 5. The maximum absolute atomic E-state index is 12.4. The van der Waals surface area contributed by atoms with Crippen LogP contribution in [0, 0.1) is 18.3 Å². The molecule has 10 aromatic rings. The number of nitriles is 1. The molecule has 140 heavy (non-hydrogen) atoms. The Hall–Kier alpha value is -10.8. The van der Waals surface area contributed by atoms with Crippen LogP contribution in [0.3, 0.4) is 0 Å². The van der Waals surface area contributed by atoms with Crippen LogP contribution in [0.1, 0.15) is 86.1 Å². The first kappa shape index (κ1) is 108. The minimum absolute atomic E-state index is 0. The van der Waals surface area contributed by atoms with Crippen LogP contribution in [-0.2, 0) is 25.7 Å². The summed E-state index contributed by atoms with van der Waals surface area (Å²) in [4.78, 5) is 81.8. The topological polar surface area (TPSA) is 178 Å². The zero-order valence-corrected chi connectivity index (χ0v) is 92.2. The fourth-order valence-electron chi connectivity index (χ4n) is 16.0. The molecule has 2 atom stereocenters. The van der Waals surface area contributed by atoms with Crippen molar-refractivity contribution in [2.45, 2.75) is 91.4 Å². The zero-order chi connectivity index (χ0) is 97.0. The molecule has 9 aliphatic heterocycles. The number of halogens is 2. The molecule has 1 fully saturated rings. The fourth-order valence-corrected chi connectivity index (χ4v) is 27.8. The predicted molar refractivity (Wildman–Crippen MR) is 583 cm³/mol. The molecular formula is C112H106I2N10O7S7Se2. The molecule has 3 N–H and O–H groups in total. The van der Waals surface area contributed by atoms with E-state index in [2.05, 4.69) is 289 Å². The normalized spacial score (nSPS) is 18.3. The maximum Gasteiger partial charge on any atom is 0.323 e. The molecule has 0 spiro atoms. The van der Waals surface area contributed by atoms with Crippen molar-refractivity contribution in [1.82, 2.24) is 4.90 Å². The fraction of sp³-hybridized carbons (Fsp3) is 0.161. The number of rotatable bonds is 21. The molecule has 1 saturated heterocycles. The average molecular weight is 2340 g/mol. The molecule has 2 unspecified atom stereocenters. The Labute approximate surface area is 899 Å². The number of carbonyl (C=O) groups excluding carboxylic acids is 4. The van der Waals surface area contributed by atoms with E-state index in [9.17, 15) is 24.0 Å². The Morgan fingerprint density at radius 1 is 0.507 bits per heavy atom. The van der Waals surface area contributed by atoms with Crippen molar-refractivity contribution >= 4 is 207 Å². The molecule has 1 aromatic heterocycles. The maximum atomic E-state index is 12.4. The number of anilines is 6. The van der Waals surface area contributed by atoms with Crippen molar-refractivity contribution in [3.05, 3.63) is 420 Å². The van der Waals surface area contributed by atoms with Crippen molar-refractivity contribution in [3.63, 3.8) is 0 Å². The van der Waals surface area contributed by atoms with Crippen LogP contribution in [0.2, 0.25) is 0 Å². The van der Waals surface area contributed by atoms with Gasteiger partial charge in [0.15, 0.2) is 5.69 Å². The molecule has 28 heteroatoms. The van der Waals surface area contributed by atoms with E-state index in [4.69, 9.17) is 22.6 Å². The van der Waals surface area contributed by atoms with Crippen LogP contribution < -0.4 is 96.2 Å². The third-order valence-corrected chi connectivity index (χ3v) is 34.8. The zero-order valence-electron chi connectivity index (χ0n) is 78.7. The summed E-state index contributed by atoms with van der Waals surface area (Å²) in [6.45, 7) is 23.6. The third kappa shape index (κ3) is 26.9. The first-order valence-electron chi connectivity index (χ1n) is 45.5. The standard InChI is InChI=1S/C23H24N2Se2.C21H17NOS2.C19H15NOS2.C18H16N2O3S2.C16H18N2.C15H14N2O2S.2HI/c1-3-24-18-12-8-10-14-20(18)26-22(24)16-6-5-7-17-23-25(4-2)19-13-9-11-15-21(19)27-23;1-2-22-16-10-4-6-12-18(16)25-20(22)14-8-7-13-19-21(23)15-9-3-5-11-17(15)24-19;1-2-20-14-8-4-6-10-16(14)23-18(20)12-11-17-19(21)13-7-3-5-9-15(13)22-17;1-2-19-10-9-12(13-5-3-4-6-14(13)19)7-8-15-17(23)20(11-16(21)22)18(24)25-15;1-3-18-14(2)8-7-11-16(18)12-13-17-15-9-5-4-6-10-15;1-3-17-12-6-4-5-7-13(12)20-14(17)9-8-11(10-16)15(18)19-2;;/h5-17,22H,3-4H2,1-2H3;3-14H,2H2,1H3;3-12H,2H2,1H3;3-10H,2,11H2,1H3,(H,21,22);4-13H,3H2,1-2H3;4-9H,3H2,1-2H3;2*1H/b7-5+,16-6+,23-17-;8-7+,19-13+,20-14-;17-11+,18-12-;12-7+,15-8+;;11-8-,14-9-;;. The number of fused-ring (bicyclic) bond motifs is 8. The van der Waals surface area contributed by atoms with E-state index >= 15 is 0 Å². The van der Waals surface area contributed by atoms with E-state index < -0.39 is 18.5 Å². The van der Waals surface area contributed by atoms with Gasteiger partial charge in [0.25, 0.3) is 5.91 Å². The van der Waals surface area contributed by atoms with Crippen molar-refractivity contribution in [2.24, 2.45) is 0 Å². The molecule has 17 nitrogen and oxygen atoms in total. The SMILES string of the molecule is CCN1/C(=C/C=C(/C#N)C(=O)OC)Sc2ccccc21.CCN1/C(=C/C=C/C=C/C2[Se]c3ccccc3[NH+]2CC)[Se]c2ccccc21.CCN1/C(=C/C=C/C=C2/Sc3ccccc3C2=O)Sc2ccccc21.CCN1/C(=C/C=C2/Sc3ccccc3C2=O)Sc2ccccc21.CCN1C=C/C(=C\C=C2\SC(=S)N(CC(=O)O)C2=O)c2ccccc21.CC[n+]1c(C)cccc1/C=C/Nc1ccccc1.[I-].[I-]. The molecular weight excluding hydrogens is 2230 g/mol. The van der Waals surface area contributed by atoms with Gasteiger partial charge in [0.2, 0.25) is 17.3 Å². The van der Waals surface area contributed by atoms with Crippen LogP contribution in [0.15, 0.2) is 417 Å². The number of carboxylic acid groups (broad SMARTS) is 1. The van der Waals surface area contributed by atoms with E-state index in [1.54, 1.807) is 80.3 Å². The molecule has 19 rings (SSSR count). The summed E-state index contributed by atoms with van der Waals surface area (Å²) in [5.74, 6) is -1.81. The van der Waals surface area contributed by atoms with E-state index in [0.29, 0.717) is 39.8 Å². The monoisotopic (exact) mass is 2340 g/mol. The Balaban J connectivity index is 0.000000151. The smallest absolute Gasteiger partial charge is 0.323 e. The number of allylic oxidation sites excluding steroid dienone is 18. The number of carboxylic acids is 1. The number of thioether (sulfide) groups is 6. The predicted octanol–water partition coefficient (Wildman–Crippen LogP) is 16.7. The summed E-state index contributed by atoms with van der Waals surface area (Å²) in [5, 5.41) is 24.5. The number of aliphatic carboxylic acids is 1. The summed E-state index contributed by atoms with van der Waals surface area (Å²) >= 11 is 15.4. The molecule has 0 saturated carbocycles. The average Bonchev–Trinajstić information content (AvgIpc) is 1.62. The number of thiocarbonyl (C=S) groups is 1. The van der Waals surface area contributed by atoms with Crippen LogP contribution in [0.25, 0.3) is 11.6 Å². The van der Waals surface area contributed by atoms with Gasteiger partial charge in [-0.1, -0.05) is 198 Å². The number of likely N-dealkylation sites (N-methyl/N-ethyl adjacent to an activating group) is 1. The third-order valence-electron chi connectivity index (χ3n) is 22.6. The molecule has 0 bridgehead atoms. The number of Topliss-reactive ketones (excluding diaryl/α,β-unsaturated/α-hetero) is 2. The van der Waals surface area contributed by atoms with Crippen molar-refractivity contribution in [3.8, 4) is 6.07 Å². The van der Waals surface area contributed by atoms with Crippen molar-refractivity contribution in [1.29, 1.82) is 5.26 Å². The number of amides is 1. The van der Waals surface area contributed by atoms with Crippen molar-refractivity contribution < 1.29 is 91.2 Å². The number of quaternary nitrogens is 1. The molecule has 9 aromatic carbocycles. The molecule has 9 aliphatic rings. The van der Waals surface area contributed by atoms with Crippen LogP contribution in [-0.4, -0.2) is 132 Å². The van der Waals surface area contributed by atoms with Gasteiger partial charge < -0.3 is 82.7 Å². The molecule has 1 amide bonds. The van der Waals surface area contributed by atoms with Gasteiger partial charge in [-0.3, -0.25) is 24.1 Å². The van der Waals surface area contributed by atoms with Gasteiger partial charge in [-0.2, -0.15) is 9.83 Å². The van der Waals surface area contributed by atoms with Gasteiger partial charge in [-0.15, -0.1) is 0 Å². The molecule has 10 heterocycles. The number of hydrogen-bond acceptors (Lipinski definition) is 20. The number of esters is 1. The number of benzene rings is 9. The summed E-state index contributed by atoms with van der Waals surface area (Å²) in [7, 11) is 1.26. The van der Waals surface area contributed by atoms with Crippen LogP contribution in [0.5, 0.6) is 0 Å². The van der Waals surface area contributed by atoms with Crippen molar-refractivity contribution in [2.75, 3.05) is 82.7 Å². The van der Waals surface area contributed by atoms with Crippen LogP contribution >= 0.6 is 82.8 Å². The van der Waals surface area contributed by atoms with Gasteiger partial charge in [-0.05, 0) is 174 Å². The van der Waals surface area contributed by atoms with Gasteiger partial charge >= 0.3 is 187 Å². The second kappa shape index (κ2) is 53.9. The number of aromatic nitrogens is 1. The molecule has 714 valence electrons. The number of ketones is 2. The van der Waals surface area contributed by atoms with Gasteiger partial charge in [0.05, 0.1) is 54.0 Å². The van der Waals surface area contributed by atoms with Gasteiger partial charge in [0.1, 0.15) is 29.1 Å². The number of hydrogen-bond donors (Lipinski definition) is 3. The Bertz CT molecular complexity index is 6760.